The van der Waals surface area contributed by atoms with Crippen LogP contribution < -0.4 is 4.74 Å². The van der Waals surface area contributed by atoms with Gasteiger partial charge in [0.1, 0.15) is 5.82 Å². The number of nitrogens with zero attached hydrogens (tertiary/aromatic N) is 3. The van der Waals surface area contributed by atoms with Crippen LogP contribution in [0.5, 0.6) is 5.88 Å². The van der Waals surface area contributed by atoms with Crippen LogP contribution in [0.4, 0.5) is 4.39 Å². The molecule has 0 amide bonds. The summed E-state index contributed by atoms with van der Waals surface area (Å²) < 4.78 is 17.7. The zero-order valence-corrected chi connectivity index (χ0v) is 8.01. The molecule has 0 spiro atoms. The lowest BCUT2D eigenvalue weighted by molar-refractivity contribution is 0.392. The Balaban J connectivity index is 2.37. The lowest BCUT2D eigenvalue weighted by Gasteiger charge is -2.00. The molecule has 0 bridgehead atoms. The summed E-state index contributed by atoms with van der Waals surface area (Å²) in [5.74, 6) is 0.0215. The zero-order valence-electron chi connectivity index (χ0n) is 8.01. The van der Waals surface area contributed by atoms with E-state index in [4.69, 9.17) is 4.74 Å². The molecule has 0 radical (unpaired) electrons. The molecule has 0 aromatic carbocycles. The molecular formula is C10H8FN3O. The second-order valence-electron chi connectivity index (χ2n) is 2.85. The standard InChI is InChI=1S/C10H8FN3O/c1-15-10-3-2-9(13-14-10)7-4-8(11)6-12-5-7/h2-6H,1H3. The molecule has 2 rings (SSSR count). The smallest absolute Gasteiger partial charge is 0.233 e. The maximum atomic E-state index is 12.9. The van der Waals surface area contributed by atoms with E-state index in [1.165, 1.54) is 19.4 Å². The average Bonchev–Trinajstić information content (AvgIpc) is 2.29. The van der Waals surface area contributed by atoms with E-state index in [1.54, 1.807) is 12.1 Å². The molecule has 0 aliphatic carbocycles. The van der Waals surface area contributed by atoms with Crippen molar-refractivity contribution in [2.24, 2.45) is 0 Å². The SMILES string of the molecule is COc1ccc(-c2cncc(F)c2)nn1. The van der Waals surface area contributed by atoms with Crippen LogP contribution in [0.3, 0.4) is 0 Å². The van der Waals surface area contributed by atoms with Crippen LogP contribution in [-0.2, 0) is 0 Å². The van der Waals surface area contributed by atoms with Crippen molar-refractivity contribution in [3.05, 3.63) is 36.4 Å². The number of pyridine rings is 1. The molecule has 0 N–H and O–H groups in total. The minimum atomic E-state index is -0.398. The maximum Gasteiger partial charge on any atom is 0.233 e. The van der Waals surface area contributed by atoms with Crippen molar-refractivity contribution in [3.8, 4) is 17.1 Å². The second kappa shape index (κ2) is 4.00. The van der Waals surface area contributed by atoms with Gasteiger partial charge in [-0.3, -0.25) is 4.98 Å². The van der Waals surface area contributed by atoms with Gasteiger partial charge < -0.3 is 4.74 Å². The summed E-state index contributed by atoms with van der Waals surface area (Å²) in [6.45, 7) is 0. The van der Waals surface area contributed by atoms with Gasteiger partial charge in [-0.05, 0) is 12.1 Å². The molecule has 15 heavy (non-hydrogen) atoms. The van der Waals surface area contributed by atoms with Gasteiger partial charge in [-0.15, -0.1) is 10.2 Å². The normalized spacial score (nSPS) is 10.0. The van der Waals surface area contributed by atoms with E-state index in [0.29, 0.717) is 17.1 Å². The predicted molar refractivity (Wildman–Crippen MR) is 51.8 cm³/mol. The van der Waals surface area contributed by atoms with Crippen molar-refractivity contribution < 1.29 is 9.13 Å². The Morgan fingerprint density at radius 1 is 1.20 bits per heavy atom. The van der Waals surface area contributed by atoms with Crippen molar-refractivity contribution in [1.82, 2.24) is 15.2 Å². The largest absolute Gasteiger partial charge is 0.480 e. The third-order valence-electron chi connectivity index (χ3n) is 1.85. The van der Waals surface area contributed by atoms with Crippen LogP contribution in [0.15, 0.2) is 30.6 Å². The molecule has 0 atom stereocenters. The average molecular weight is 205 g/mol. The fourth-order valence-electron chi connectivity index (χ4n) is 1.13. The molecule has 76 valence electrons. The van der Waals surface area contributed by atoms with Crippen molar-refractivity contribution in [1.29, 1.82) is 0 Å². The van der Waals surface area contributed by atoms with Gasteiger partial charge in [0.2, 0.25) is 5.88 Å². The number of hydrogen-bond donors (Lipinski definition) is 0. The molecule has 0 saturated carbocycles. The summed E-state index contributed by atoms with van der Waals surface area (Å²) >= 11 is 0. The molecule has 0 saturated heterocycles. The zero-order chi connectivity index (χ0) is 10.7. The van der Waals surface area contributed by atoms with E-state index < -0.39 is 5.82 Å². The molecule has 0 fully saturated rings. The first-order valence-electron chi connectivity index (χ1n) is 4.28. The molecule has 2 aromatic rings. The Labute approximate surface area is 85.8 Å². The Kier molecular flexibility index (Phi) is 2.53. The summed E-state index contributed by atoms with van der Waals surface area (Å²) in [5.41, 5.74) is 1.15. The Morgan fingerprint density at radius 3 is 2.67 bits per heavy atom. The summed E-state index contributed by atoms with van der Waals surface area (Å²) in [6, 6.07) is 4.71. The van der Waals surface area contributed by atoms with Gasteiger partial charge in [0, 0.05) is 17.8 Å². The number of hydrogen-bond acceptors (Lipinski definition) is 4. The summed E-state index contributed by atoms with van der Waals surface area (Å²) in [7, 11) is 1.51. The summed E-state index contributed by atoms with van der Waals surface area (Å²) in [5, 5.41) is 7.66. The fraction of sp³-hybridized carbons (Fsp3) is 0.100. The van der Waals surface area contributed by atoms with Gasteiger partial charge >= 0.3 is 0 Å². The van der Waals surface area contributed by atoms with Crippen LogP contribution in [0, 0.1) is 5.82 Å². The van der Waals surface area contributed by atoms with Gasteiger partial charge in [0.05, 0.1) is 19.0 Å². The van der Waals surface area contributed by atoms with E-state index in [1.807, 2.05) is 0 Å². The van der Waals surface area contributed by atoms with Gasteiger partial charge in [-0.25, -0.2) is 4.39 Å². The quantitative estimate of drug-likeness (QED) is 0.748. The van der Waals surface area contributed by atoms with Crippen molar-refractivity contribution in [3.63, 3.8) is 0 Å². The predicted octanol–water partition coefficient (Wildman–Crippen LogP) is 1.69. The van der Waals surface area contributed by atoms with Crippen LogP contribution >= 0.6 is 0 Å². The lowest BCUT2D eigenvalue weighted by atomic mass is 10.2. The Bertz CT molecular complexity index is 458. The molecule has 5 heteroatoms. The molecule has 0 aliphatic rings. The summed E-state index contributed by atoms with van der Waals surface area (Å²) in [4.78, 5) is 3.73. The summed E-state index contributed by atoms with van der Waals surface area (Å²) in [6.07, 6.45) is 2.67. The van der Waals surface area contributed by atoms with E-state index in [-0.39, 0.29) is 0 Å². The van der Waals surface area contributed by atoms with Gasteiger partial charge in [0.25, 0.3) is 0 Å². The van der Waals surface area contributed by atoms with Crippen LogP contribution in [0.2, 0.25) is 0 Å². The van der Waals surface area contributed by atoms with E-state index >= 15 is 0 Å². The van der Waals surface area contributed by atoms with E-state index in [2.05, 4.69) is 15.2 Å². The number of ether oxygens (including phenoxy) is 1. The molecule has 2 heterocycles. The van der Waals surface area contributed by atoms with Gasteiger partial charge in [-0.2, -0.15) is 0 Å². The minimum Gasteiger partial charge on any atom is -0.480 e. The first kappa shape index (κ1) is 9.51. The van der Waals surface area contributed by atoms with Crippen LogP contribution in [0.25, 0.3) is 11.3 Å². The number of halogens is 1. The van der Waals surface area contributed by atoms with Crippen molar-refractivity contribution in [2.45, 2.75) is 0 Å². The van der Waals surface area contributed by atoms with Gasteiger partial charge in [0.15, 0.2) is 0 Å². The fourth-order valence-corrected chi connectivity index (χ4v) is 1.13. The Hall–Kier alpha value is -2.04. The highest BCUT2D eigenvalue weighted by Gasteiger charge is 2.02. The first-order chi connectivity index (χ1) is 7.29. The van der Waals surface area contributed by atoms with Crippen molar-refractivity contribution in [2.75, 3.05) is 7.11 Å². The molecule has 0 unspecified atom stereocenters. The van der Waals surface area contributed by atoms with E-state index in [0.717, 1.165) is 6.20 Å². The molecule has 2 aromatic heterocycles. The topological polar surface area (TPSA) is 47.9 Å². The highest BCUT2D eigenvalue weighted by molar-refractivity contribution is 5.57. The number of aromatic nitrogens is 3. The third kappa shape index (κ3) is 2.07. The Morgan fingerprint density at radius 2 is 2.07 bits per heavy atom. The molecular weight excluding hydrogens is 197 g/mol. The highest BCUT2D eigenvalue weighted by Crippen LogP contribution is 2.16. The first-order valence-corrected chi connectivity index (χ1v) is 4.28. The third-order valence-corrected chi connectivity index (χ3v) is 1.85. The van der Waals surface area contributed by atoms with Crippen LogP contribution in [-0.4, -0.2) is 22.3 Å². The number of methoxy groups -OCH3 is 1. The monoisotopic (exact) mass is 205 g/mol. The number of rotatable bonds is 2. The highest BCUT2D eigenvalue weighted by atomic mass is 19.1. The minimum absolute atomic E-state index is 0.398. The molecule has 0 aliphatic heterocycles. The van der Waals surface area contributed by atoms with Crippen molar-refractivity contribution >= 4 is 0 Å². The van der Waals surface area contributed by atoms with Gasteiger partial charge in [-0.1, -0.05) is 0 Å². The molecule has 4 nitrogen and oxygen atoms in total. The van der Waals surface area contributed by atoms with Crippen LogP contribution in [0.1, 0.15) is 0 Å². The lowest BCUT2D eigenvalue weighted by Crippen LogP contribution is -1.92. The van der Waals surface area contributed by atoms with E-state index in [9.17, 15) is 4.39 Å². The maximum absolute atomic E-state index is 12.9. The second-order valence-corrected chi connectivity index (χ2v) is 2.85.